The standard InChI is InChI=1S/C24H36N4O/c1-19(22-11-7-9-20-8-5-6-10-23(20)22)25-24(29)18-27(3)16-17-28(4)21-12-14-26(2)15-13-21/h5-11,19,21H,12-18H2,1-4H3,(H,25,29). The van der Waals surface area contributed by atoms with Crippen LogP contribution in [0.2, 0.25) is 0 Å². The fourth-order valence-electron chi connectivity index (χ4n) is 4.26. The summed E-state index contributed by atoms with van der Waals surface area (Å²) in [5, 5.41) is 5.59. The Bertz CT molecular complexity index is 795. The average molecular weight is 397 g/mol. The van der Waals surface area contributed by atoms with Crippen LogP contribution >= 0.6 is 0 Å². The van der Waals surface area contributed by atoms with Crippen LogP contribution in [0.4, 0.5) is 0 Å². The highest BCUT2D eigenvalue weighted by molar-refractivity contribution is 5.87. The van der Waals surface area contributed by atoms with E-state index in [4.69, 9.17) is 0 Å². The molecule has 1 atom stereocenters. The van der Waals surface area contributed by atoms with E-state index >= 15 is 0 Å². The summed E-state index contributed by atoms with van der Waals surface area (Å²) in [5.41, 5.74) is 1.17. The first-order chi connectivity index (χ1) is 13.9. The molecule has 0 bridgehead atoms. The highest BCUT2D eigenvalue weighted by Crippen LogP contribution is 2.24. The van der Waals surface area contributed by atoms with Crippen molar-refractivity contribution in [1.29, 1.82) is 0 Å². The average Bonchev–Trinajstić information content (AvgIpc) is 2.72. The van der Waals surface area contributed by atoms with Gasteiger partial charge in [0.1, 0.15) is 0 Å². The smallest absolute Gasteiger partial charge is 0.234 e. The summed E-state index contributed by atoms with van der Waals surface area (Å²) in [5.74, 6) is 0.0786. The van der Waals surface area contributed by atoms with Crippen molar-refractivity contribution in [2.45, 2.75) is 31.8 Å². The van der Waals surface area contributed by atoms with E-state index in [0.717, 1.165) is 13.1 Å². The van der Waals surface area contributed by atoms with E-state index in [2.05, 4.69) is 77.4 Å². The van der Waals surface area contributed by atoms with Crippen LogP contribution in [0.25, 0.3) is 10.8 Å². The quantitative estimate of drug-likeness (QED) is 0.745. The molecule has 158 valence electrons. The molecule has 0 spiro atoms. The van der Waals surface area contributed by atoms with Crippen molar-refractivity contribution in [3.05, 3.63) is 48.0 Å². The lowest BCUT2D eigenvalue weighted by atomic mass is 10.00. The maximum Gasteiger partial charge on any atom is 0.234 e. The fraction of sp³-hybridized carbons (Fsp3) is 0.542. The van der Waals surface area contributed by atoms with Crippen molar-refractivity contribution >= 4 is 16.7 Å². The minimum Gasteiger partial charge on any atom is -0.348 e. The van der Waals surface area contributed by atoms with Gasteiger partial charge in [0.25, 0.3) is 0 Å². The minimum absolute atomic E-state index is 0.0103. The number of amides is 1. The molecule has 1 fully saturated rings. The van der Waals surface area contributed by atoms with Crippen molar-refractivity contribution in [3.8, 4) is 0 Å². The number of rotatable bonds is 8. The Morgan fingerprint density at radius 3 is 2.55 bits per heavy atom. The second-order valence-electron chi connectivity index (χ2n) is 8.61. The largest absolute Gasteiger partial charge is 0.348 e. The van der Waals surface area contributed by atoms with Crippen LogP contribution in [-0.4, -0.2) is 80.5 Å². The van der Waals surface area contributed by atoms with Crippen molar-refractivity contribution in [2.24, 2.45) is 0 Å². The third-order valence-corrected chi connectivity index (χ3v) is 6.23. The molecule has 2 aromatic carbocycles. The summed E-state index contributed by atoms with van der Waals surface area (Å²) >= 11 is 0. The predicted octanol–water partition coefficient (Wildman–Crippen LogP) is 2.97. The summed E-state index contributed by atoms with van der Waals surface area (Å²) in [6.07, 6.45) is 2.47. The van der Waals surface area contributed by atoms with E-state index in [9.17, 15) is 4.79 Å². The highest BCUT2D eigenvalue weighted by Gasteiger charge is 2.21. The molecule has 0 aromatic heterocycles. The number of carbonyl (C=O) groups excluding carboxylic acids is 1. The second-order valence-corrected chi connectivity index (χ2v) is 8.61. The van der Waals surface area contributed by atoms with Crippen molar-refractivity contribution in [3.63, 3.8) is 0 Å². The van der Waals surface area contributed by atoms with E-state index in [1.807, 2.05) is 13.1 Å². The van der Waals surface area contributed by atoms with Crippen molar-refractivity contribution in [2.75, 3.05) is 53.9 Å². The van der Waals surface area contributed by atoms with Crippen LogP contribution in [0, 0.1) is 0 Å². The first-order valence-electron chi connectivity index (χ1n) is 10.8. The van der Waals surface area contributed by atoms with Crippen LogP contribution < -0.4 is 5.32 Å². The van der Waals surface area contributed by atoms with Gasteiger partial charge >= 0.3 is 0 Å². The Hall–Kier alpha value is -1.95. The minimum atomic E-state index is -0.0103. The molecule has 1 N–H and O–H groups in total. The molecular formula is C24H36N4O. The number of piperidine rings is 1. The molecule has 1 aliphatic heterocycles. The number of likely N-dealkylation sites (tertiary alicyclic amines) is 1. The third-order valence-electron chi connectivity index (χ3n) is 6.23. The fourth-order valence-corrected chi connectivity index (χ4v) is 4.26. The molecule has 0 aliphatic carbocycles. The molecule has 0 radical (unpaired) electrons. The number of hydrogen-bond acceptors (Lipinski definition) is 4. The maximum atomic E-state index is 12.6. The van der Waals surface area contributed by atoms with Gasteiger partial charge in [-0.3, -0.25) is 9.69 Å². The van der Waals surface area contributed by atoms with Crippen LogP contribution in [-0.2, 0) is 4.79 Å². The van der Waals surface area contributed by atoms with Crippen LogP contribution in [0.5, 0.6) is 0 Å². The number of nitrogens with zero attached hydrogens (tertiary/aromatic N) is 3. The van der Waals surface area contributed by atoms with Crippen LogP contribution in [0.15, 0.2) is 42.5 Å². The number of benzene rings is 2. The Labute approximate surface area is 175 Å². The SMILES string of the molecule is CC(NC(=O)CN(C)CCN(C)C1CCN(C)CC1)c1cccc2ccccc12. The normalized spacial score (nSPS) is 17.2. The zero-order chi connectivity index (χ0) is 20.8. The van der Waals surface area contributed by atoms with Crippen molar-refractivity contribution < 1.29 is 4.79 Å². The third kappa shape index (κ3) is 6.01. The Morgan fingerprint density at radius 2 is 1.79 bits per heavy atom. The lowest BCUT2D eigenvalue weighted by molar-refractivity contribution is -0.122. The summed E-state index contributed by atoms with van der Waals surface area (Å²) in [7, 11) is 6.44. The molecule has 5 nitrogen and oxygen atoms in total. The van der Waals surface area contributed by atoms with Gasteiger partial charge in [-0.15, -0.1) is 0 Å². The molecule has 5 heteroatoms. The van der Waals surface area contributed by atoms with E-state index in [1.54, 1.807) is 0 Å². The Balaban J connectivity index is 1.46. The van der Waals surface area contributed by atoms with Gasteiger partial charge in [0, 0.05) is 19.1 Å². The highest BCUT2D eigenvalue weighted by atomic mass is 16.2. The summed E-state index contributed by atoms with van der Waals surface area (Å²) in [4.78, 5) is 19.6. The predicted molar refractivity (Wildman–Crippen MR) is 121 cm³/mol. The molecular weight excluding hydrogens is 360 g/mol. The summed E-state index contributed by atoms with van der Waals surface area (Å²) < 4.78 is 0. The van der Waals surface area contributed by atoms with Gasteiger partial charge < -0.3 is 15.1 Å². The van der Waals surface area contributed by atoms with Gasteiger partial charge in [-0.25, -0.2) is 0 Å². The first kappa shape index (κ1) is 21.8. The molecule has 1 amide bonds. The zero-order valence-corrected chi connectivity index (χ0v) is 18.4. The maximum absolute atomic E-state index is 12.6. The van der Waals surface area contributed by atoms with Gasteiger partial charge in [0.15, 0.2) is 0 Å². The summed E-state index contributed by atoms with van der Waals surface area (Å²) in [6, 6.07) is 15.3. The zero-order valence-electron chi connectivity index (χ0n) is 18.4. The number of likely N-dealkylation sites (N-methyl/N-ethyl adjacent to an activating group) is 2. The Morgan fingerprint density at radius 1 is 1.10 bits per heavy atom. The topological polar surface area (TPSA) is 38.8 Å². The van der Waals surface area contributed by atoms with E-state index in [-0.39, 0.29) is 11.9 Å². The number of carbonyl (C=O) groups is 1. The first-order valence-corrected chi connectivity index (χ1v) is 10.8. The van der Waals surface area contributed by atoms with Crippen molar-refractivity contribution in [1.82, 2.24) is 20.0 Å². The molecule has 1 aliphatic rings. The van der Waals surface area contributed by atoms with Gasteiger partial charge in [-0.1, -0.05) is 42.5 Å². The molecule has 3 rings (SSSR count). The van der Waals surface area contributed by atoms with Crippen LogP contribution in [0.3, 0.4) is 0 Å². The number of fused-ring (bicyclic) bond motifs is 1. The lowest BCUT2D eigenvalue weighted by Gasteiger charge is -2.35. The molecule has 1 unspecified atom stereocenters. The lowest BCUT2D eigenvalue weighted by Crippen LogP contribution is -2.45. The number of hydrogen-bond donors (Lipinski definition) is 1. The molecule has 1 heterocycles. The summed E-state index contributed by atoms with van der Waals surface area (Å²) in [6.45, 7) is 6.75. The van der Waals surface area contributed by atoms with Gasteiger partial charge in [-0.05, 0) is 70.3 Å². The molecule has 2 aromatic rings. The second kappa shape index (κ2) is 10.2. The van der Waals surface area contributed by atoms with Gasteiger partial charge in [0.05, 0.1) is 12.6 Å². The van der Waals surface area contributed by atoms with Gasteiger partial charge in [-0.2, -0.15) is 0 Å². The molecule has 0 saturated carbocycles. The molecule has 1 saturated heterocycles. The number of nitrogens with one attached hydrogen (secondary N) is 1. The monoisotopic (exact) mass is 396 g/mol. The van der Waals surface area contributed by atoms with E-state index in [1.165, 1.54) is 42.3 Å². The van der Waals surface area contributed by atoms with E-state index < -0.39 is 0 Å². The Kier molecular flexibility index (Phi) is 7.64. The van der Waals surface area contributed by atoms with Crippen LogP contribution in [0.1, 0.15) is 31.4 Å². The van der Waals surface area contributed by atoms with Gasteiger partial charge in [0.2, 0.25) is 5.91 Å². The van der Waals surface area contributed by atoms with E-state index in [0.29, 0.717) is 12.6 Å². The molecule has 29 heavy (non-hydrogen) atoms.